The molecule has 43 heavy (non-hydrogen) atoms. The summed E-state index contributed by atoms with van der Waals surface area (Å²) in [5.74, 6) is 0. The Morgan fingerprint density at radius 2 is 0.744 bits per heavy atom. The normalized spacial score (nSPS) is 11.1. The lowest BCUT2D eigenvalue weighted by Gasteiger charge is -2.31. The maximum atomic E-state index is 2.43. The first-order chi connectivity index (χ1) is 20.7. The highest BCUT2D eigenvalue weighted by molar-refractivity contribution is 5.84. The van der Waals surface area contributed by atoms with Crippen molar-refractivity contribution in [1.82, 2.24) is 0 Å². The number of rotatable bonds is 9. The van der Waals surface area contributed by atoms with Crippen molar-refractivity contribution in [3.8, 4) is 0 Å². The SMILES string of the molecule is CCCCc1cc(C)c(N(c2ccc(C)cc2)c2ccc(N(c3ccc(C)cc3)c3c(C)cc(C)cc3C)cc2)c(C)c1. The average Bonchev–Trinajstić information content (AvgIpc) is 2.97. The van der Waals surface area contributed by atoms with Gasteiger partial charge in [0.15, 0.2) is 0 Å². The Bertz CT molecular complexity index is 1650. The highest BCUT2D eigenvalue weighted by Gasteiger charge is 2.21. The molecule has 2 heteroatoms. The van der Waals surface area contributed by atoms with Gasteiger partial charge < -0.3 is 9.80 Å². The maximum absolute atomic E-state index is 2.43. The third kappa shape index (κ3) is 6.54. The third-order valence-electron chi connectivity index (χ3n) is 8.40. The van der Waals surface area contributed by atoms with Crippen molar-refractivity contribution in [2.75, 3.05) is 9.80 Å². The fourth-order valence-electron chi connectivity index (χ4n) is 6.40. The molecule has 0 saturated carbocycles. The Balaban J connectivity index is 1.64. The molecule has 0 bridgehead atoms. The summed E-state index contributed by atoms with van der Waals surface area (Å²) in [5.41, 5.74) is 17.6. The van der Waals surface area contributed by atoms with E-state index in [4.69, 9.17) is 0 Å². The third-order valence-corrected chi connectivity index (χ3v) is 8.40. The summed E-state index contributed by atoms with van der Waals surface area (Å²) in [5, 5.41) is 0. The van der Waals surface area contributed by atoms with E-state index in [1.165, 1.54) is 74.4 Å². The highest BCUT2D eigenvalue weighted by atomic mass is 15.2. The zero-order valence-corrected chi connectivity index (χ0v) is 27.3. The van der Waals surface area contributed by atoms with E-state index in [9.17, 15) is 0 Å². The molecule has 0 heterocycles. The molecule has 2 nitrogen and oxygen atoms in total. The second kappa shape index (κ2) is 12.9. The van der Waals surface area contributed by atoms with Crippen molar-refractivity contribution in [1.29, 1.82) is 0 Å². The fourth-order valence-corrected chi connectivity index (χ4v) is 6.40. The predicted molar refractivity (Wildman–Crippen MR) is 188 cm³/mol. The Labute approximate surface area is 259 Å². The zero-order chi connectivity index (χ0) is 30.7. The Morgan fingerprint density at radius 3 is 1.09 bits per heavy atom. The van der Waals surface area contributed by atoms with Crippen LogP contribution in [0.2, 0.25) is 0 Å². The van der Waals surface area contributed by atoms with Gasteiger partial charge in [0.2, 0.25) is 0 Å². The molecule has 0 aromatic heterocycles. The Hall–Kier alpha value is -4.30. The van der Waals surface area contributed by atoms with E-state index >= 15 is 0 Å². The minimum Gasteiger partial charge on any atom is -0.310 e. The van der Waals surface area contributed by atoms with Crippen LogP contribution in [0.5, 0.6) is 0 Å². The summed E-state index contributed by atoms with van der Waals surface area (Å²) in [6.45, 7) is 17.7. The largest absolute Gasteiger partial charge is 0.310 e. The molecule has 5 rings (SSSR count). The van der Waals surface area contributed by atoms with Crippen molar-refractivity contribution >= 4 is 34.1 Å². The summed E-state index contributed by atoms with van der Waals surface area (Å²) in [4.78, 5) is 4.83. The number of anilines is 6. The van der Waals surface area contributed by atoms with Crippen LogP contribution in [0.3, 0.4) is 0 Å². The van der Waals surface area contributed by atoms with Crippen LogP contribution in [0, 0.1) is 48.5 Å². The summed E-state index contributed by atoms with van der Waals surface area (Å²) in [6.07, 6.45) is 3.56. The standard InChI is InChI=1S/C41H46N2/c1-9-10-11-35-26-33(7)41(34(8)27-35)43(37-18-14-29(3)15-19-37)39-22-20-38(21-23-39)42(36-16-12-28(2)13-17-36)40-31(5)24-30(4)25-32(40)6/h12-27H,9-11H2,1-8H3. The van der Waals surface area contributed by atoms with Crippen molar-refractivity contribution in [3.05, 3.63) is 142 Å². The van der Waals surface area contributed by atoms with Gasteiger partial charge in [-0.1, -0.05) is 78.6 Å². The van der Waals surface area contributed by atoms with Gasteiger partial charge in [0.1, 0.15) is 0 Å². The van der Waals surface area contributed by atoms with Gasteiger partial charge >= 0.3 is 0 Å². The summed E-state index contributed by atoms with van der Waals surface area (Å²) in [6, 6.07) is 36.2. The van der Waals surface area contributed by atoms with Gasteiger partial charge in [0, 0.05) is 22.7 Å². The summed E-state index contributed by atoms with van der Waals surface area (Å²) in [7, 11) is 0. The molecule has 0 radical (unpaired) electrons. The zero-order valence-electron chi connectivity index (χ0n) is 27.3. The molecule has 0 aliphatic heterocycles. The van der Waals surface area contributed by atoms with Crippen molar-refractivity contribution < 1.29 is 0 Å². The van der Waals surface area contributed by atoms with Gasteiger partial charge in [-0.25, -0.2) is 0 Å². The Morgan fingerprint density at radius 1 is 0.419 bits per heavy atom. The molecular formula is C41H46N2. The molecule has 0 amide bonds. The second-order valence-corrected chi connectivity index (χ2v) is 12.3. The van der Waals surface area contributed by atoms with Gasteiger partial charge in [-0.3, -0.25) is 0 Å². The van der Waals surface area contributed by atoms with Crippen LogP contribution in [-0.2, 0) is 6.42 Å². The lowest BCUT2D eigenvalue weighted by molar-refractivity contribution is 0.794. The predicted octanol–water partition coefficient (Wildman–Crippen LogP) is 12.1. The van der Waals surface area contributed by atoms with E-state index in [0.29, 0.717) is 0 Å². The van der Waals surface area contributed by atoms with E-state index < -0.39 is 0 Å². The molecule has 0 unspecified atom stereocenters. The van der Waals surface area contributed by atoms with Crippen molar-refractivity contribution in [2.45, 2.75) is 74.7 Å². The molecule has 0 aliphatic rings. The van der Waals surface area contributed by atoms with Crippen LogP contribution in [-0.4, -0.2) is 0 Å². The van der Waals surface area contributed by atoms with E-state index in [-0.39, 0.29) is 0 Å². The van der Waals surface area contributed by atoms with Crippen molar-refractivity contribution in [2.24, 2.45) is 0 Å². The monoisotopic (exact) mass is 566 g/mol. The molecule has 0 fully saturated rings. The van der Waals surface area contributed by atoms with E-state index in [2.05, 4.69) is 162 Å². The minimum atomic E-state index is 1.13. The molecule has 0 saturated heterocycles. The highest BCUT2D eigenvalue weighted by Crippen LogP contribution is 2.43. The number of aryl methyl sites for hydroxylation is 8. The first-order valence-corrected chi connectivity index (χ1v) is 15.7. The minimum absolute atomic E-state index is 1.13. The van der Waals surface area contributed by atoms with Gasteiger partial charge in [-0.05, 0) is 138 Å². The molecule has 0 atom stereocenters. The maximum Gasteiger partial charge on any atom is 0.0520 e. The van der Waals surface area contributed by atoms with Gasteiger partial charge in [-0.15, -0.1) is 0 Å². The molecule has 0 N–H and O–H groups in total. The smallest absolute Gasteiger partial charge is 0.0520 e. The number of hydrogen-bond acceptors (Lipinski definition) is 2. The van der Waals surface area contributed by atoms with Crippen LogP contribution in [0.1, 0.15) is 64.3 Å². The first-order valence-electron chi connectivity index (χ1n) is 15.7. The molecule has 5 aromatic carbocycles. The molecule has 0 aliphatic carbocycles. The summed E-state index contributed by atoms with van der Waals surface area (Å²) >= 11 is 0. The number of nitrogens with zero attached hydrogens (tertiary/aromatic N) is 2. The van der Waals surface area contributed by atoms with E-state index in [0.717, 1.165) is 23.5 Å². The van der Waals surface area contributed by atoms with Crippen molar-refractivity contribution in [3.63, 3.8) is 0 Å². The lowest BCUT2D eigenvalue weighted by atomic mass is 9.98. The number of benzene rings is 5. The quantitative estimate of drug-likeness (QED) is 0.175. The molecule has 5 aromatic rings. The topological polar surface area (TPSA) is 6.48 Å². The van der Waals surface area contributed by atoms with Gasteiger partial charge in [0.25, 0.3) is 0 Å². The molecular weight excluding hydrogens is 520 g/mol. The molecule has 0 spiro atoms. The van der Waals surface area contributed by atoms with E-state index in [1.807, 2.05) is 0 Å². The number of unbranched alkanes of at least 4 members (excludes halogenated alkanes) is 1. The van der Waals surface area contributed by atoms with Gasteiger partial charge in [-0.2, -0.15) is 0 Å². The Kier molecular flexibility index (Phi) is 9.06. The van der Waals surface area contributed by atoms with Crippen LogP contribution in [0.4, 0.5) is 34.1 Å². The van der Waals surface area contributed by atoms with Crippen LogP contribution in [0.25, 0.3) is 0 Å². The average molecular weight is 567 g/mol. The van der Waals surface area contributed by atoms with Crippen LogP contribution < -0.4 is 9.80 Å². The van der Waals surface area contributed by atoms with E-state index in [1.54, 1.807) is 0 Å². The number of hydrogen-bond donors (Lipinski definition) is 0. The molecule has 220 valence electrons. The van der Waals surface area contributed by atoms with Gasteiger partial charge in [0.05, 0.1) is 11.4 Å². The summed E-state index contributed by atoms with van der Waals surface area (Å²) < 4.78 is 0. The van der Waals surface area contributed by atoms with Crippen LogP contribution in [0.15, 0.2) is 97.1 Å². The second-order valence-electron chi connectivity index (χ2n) is 12.3. The lowest BCUT2D eigenvalue weighted by Crippen LogP contribution is -2.15. The first kappa shape index (κ1) is 30.2. The van der Waals surface area contributed by atoms with Crippen LogP contribution >= 0.6 is 0 Å². The fraction of sp³-hybridized carbons (Fsp3) is 0.268.